The second-order valence-electron chi connectivity index (χ2n) is 9.14. The van der Waals surface area contributed by atoms with Gasteiger partial charge in [-0.15, -0.1) is 0 Å². The van der Waals surface area contributed by atoms with Crippen molar-refractivity contribution in [3.8, 4) is 5.75 Å². The molecule has 2 heteroatoms. The van der Waals surface area contributed by atoms with Crippen molar-refractivity contribution in [2.24, 2.45) is 0 Å². The third-order valence-corrected chi connectivity index (χ3v) is 4.75. The molecule has 0 aromatic heterocycles. The fourth-order valence-electron chi connectivity index (χ4n) is 3.99. The molecule has 0 radical (unpaired) electrons. The molecular weight excluding hydrogens is 258 g/mol. The highest BCUT2D eigenvalue weighted by Crippen LogP contribution is 2.52. The first kappa shape index (κ1) is 14.7. The monoisotopic (exact) mass is 287 g/mol. The minimum Gasteiger partial charge on any atom is -0.487 e. The molecule has 0 unspecified atom stereocenters. The number of hydrogen-bond donors (Lipinski definition) is 1. The molecule has 2 nitrogen and oxygen atoms in total. The van der Waals surface area contributed by atoms with Crippen LogP contribution in [0.3, 0.4) is 0 Å². The van der Waals surface area contributed by atoms with Crippen LogP contribution < -0.4 is 10.1 Å². The third-order valence-electron chi connectivity index (χ3n) is 4.75. The Bertz CT molecular complexity index is 572. The maximum atomic E-state index is 6.40. The highest BCUT2D eigenvalue weighted by molar-refractivity contribution is 5.74. The molecule has 1 aromatic carbocycles. The van der Waals surface area contributed by atoms with Gasteiger partial charge in [0.15, 0.2) is 0 Å². The number of rotatable bonds is 0. The van der Waals surface area contributed by atoms with E-state index in [1.54, 1.807) is 0 Å². The lowest BCUT2D eigenvalue weighted by Gasteiger charge is -2.27. The zero-order chi connectivity index (χ0) is 15.8. The molecule has 3 rings (SSSR count). The summed E-state index contributed by atoms with van der Waals surface area (Å²) in [4.78, 5) is 0. The van der Waals surface area contributed by atoms with Crippen molar-refractivity contribution >= 4 is 5.69 Å². The Morgan fingerprint density at radius 3 is 2.19 bits per heavy atom. The Morgan fingerprint density at radius 2 is 1.62 bits per heavy atom. The first-order valence-electron chi connectivity index (χ1n) is 8.07. The van der Waals surface area contributed by atoms with Crippen LogP contribution in [0, 0.1) is 6.92 Å². The summed E-state index contributed by atoms with van der Waals surface area (Å²) >= 11 is 0. The standard InChI is InChI=1S/C19H29NO/c1-11-12-10-19(7,8)21-16(12)14(17(2,3)4)13-9-18(5,6)20-15(11)13/h20H,9-10H2,1-8H3. The summed E-state index contributed by atoms with van der Waals surface area (Å²) in [5, 5.41) is 3.76. The normalized spacial score (nSPS) is 21.5. The smallest absolute Gasteiger partial charge is 0.127 e. The molecule has 116 valence electrons. The van der Waals surface area contributed by atoms with Crippen LogP contribution >= 0.6 is 0 Å². The zero-order valence-electron chi connectivity index (χ0n) is 14.8. The zero-order valence-corrected chi connectivity index (χ0v) is 14.8. The predicted molar refractivity (Wildman–Crippen MR) is 89.7 cm³/mol. The van der Waals surface area contributed by atoms with Gasteiger partial charge in [0.1, 0.15) is 11.4 Å². The summed E-state index contributed by atoms with van der Waals surface area (Å²) in [6.45, 7) is 18.1. The van der Waals surface area contributed by atoms with Gasteiger partial charge in [-0.2, -0.15) is 0 Å². The molecule has 1 N–H and O–H groups in total. The van der Waals surface area contributed by atoms with E-state index in [0.717, 1.165) is 12.8 Å². The first-order chi connectivity index (χ1) is 9.41. The van der Waals surface area contributed by atoms with Crippen LogP contribution in [0.4, 0.5) is 5.69 Å². The van der Waals surface area contributed by atoms with Crippen LogP contribution in [-0.4, -0.2) is 11.1 Å². The molecular formula is C19H29NO. The van der Waals surface area contributed by atoms with Crippen molar-refractivity contribution in [1.29, 1.82) is 0 Å². The van der Waals surface area contributed by atoms with Crippen molar-refractivity contribution in [1.82, 2.24) is 0 Å². The SMILES string of the molecule is Cc1c2c(c(C(C)(C)C)c3c1NC(C)(C)C3)OC(C)(C)C2. The fraction of sp³-hybridized carbons (Fsp3) is 0.684. The number of benzene rings is 1. The second-order valence-corrected chi connectivity index (χ2v) is 9.14. The number of ether oxygens (including phenoxy) is 1. The average molecular weight is 287 g/mol. The molecule has 0 bridgehead atoms. The van der Waals surface area contributed by atoms with Crippen LogP contribution in [0.25, 0.3) is 0 Å². The van der Waals surface area contributed by atoms with Crippen molar-refractivity contribution in [3.05, 3.63) is 22.3 Å². The van der Waals surface area contributed by atoms with E-state index in [0.29, 0.717) is 0 Å². The van der Waals surface area contributed by atoms with Gasteiger partial charge in [0.25, 0.3) is 0 Å². The molecule has 0 fully saturated rings. The minimum absolute atomic E-state index is 0.0856. The molecule has 2 aliphatic rings. The van der Waals surface area contributed by atoms with Crippen LogP contribution in [0.1, 0.15) is 70.7 Å². The molecule has 0 saturated carbocycles. The Labute approximate surface area is 129 Å². The van der Waals surface area contributed by atoms with Crippen molar-refractivity contribution < 1.29 is 4.74 Å². The molecule has 1 aromatic rings. The van der Waals surface area contributed by atoms with Gasteiger partial charge in [-0.1, -0.05) is 20.8 Å². The van der Waals surface area contributed by atoms with E-state index >= 15 is 0 Å². The van der Waals surface area contributed by atoms with Crippen LogP contribution in [0.15, 0.2) is 0 Å². The third kappa shape index (κ3) is 2.23. The highest BCUT2D eigenvalue weighted by Gasteiger charge is 2.42. The summed E-state index contributed by atoms with van der Waals surface area (Å²) in [5.41, 5.74) is 7.21. The molecule has 0 amide bonds. The maximum Gasteiger partial charge on any atom is 0.127 e. The molecule has 2 aliphatic heterocycles. The minimum atomic E-state index is -0.0856. The van der Waals surface area contributed by atoms with Gasteiger partial charge in [-0.25, -0.2) is 0 Å². The van der Waals surface area contributed by atoms with Gasteiger partial charge < -0.3 is 10.1 Å². The van der Waals surface area contributed by atoms with Crippen molar-refractivity contribution in [2.75, 3.05) is 5.32 Å². The Morgan fingerprint density at radius 1 is 1.00 bits per heavy atom. The topological polar surface area (TPSA) is 21.3 Å². The van der Waals surface area contributed by atoms with Crippen molar-refractivity contribution in [2.45, 2.75) is 84.8 Å². The second kappa shape index (κ2) is 3.97. The summed E-state index contributed by atoms with van der Waals surface area (Å²) in [5.74, 6) is 1.17. The molecule has 21 heavy (non-hydrogen) atoms. The maximum absolute atomic E-state index is 6.40. The summed E-state index contributed by atoms with van der Waals surface area (Å²) < 4.78 is 6.40. The summed E-state index contributed by atoms with van der Waals surface area (Å²) in [6, 6.07) is 0. The van der Waals surface area contributed by atoms with Gasteiger partial charge in [-0.05, 0) is 57.6 Å². The number of anilines is 1. The molecule has 0 atom stereocenters. The lowest BCUT2D eigenvalue weighted by molar-refractivity contribution is 0.136. The summed E-state index contributed by atoms with van der Waals surface area (Å²) in [7, 11) is 0. The van der Waals surface area contributed by atoms with Crippen LogP contribution in [0.2, 0.25) is 0 Å². The van der Waals surface area contributed by atoms with E-state index in [1.165, 1.54) is 33.7 Å². The first-order valence-corrected chi connectivity index (χ1v) is 8.07. The Hall–Kier alpha value is -1.18. The predicted octanol–water partition coefficient (Wildman–Crippen LogP) is 4.75. The molecule has 0 aliphatic carbocycles. The van der Waals surface area contributed by atoms with E-state index in [4.69, 9.17) is 4.74 Å². The number of fused-ring (bicyclic) bond motifs is 2. The summed E-state index contributed by atoms with van der Waals surface area (Å²) in [6.07, 6.45) is 2.08. The Kier molecular flexibility index (Phi) is 2.78. The van der Waals surface area contributed by atoms with E-state index in [9.17, 15) is 0 Å². The van der Waals surface area contributed by atoms with Gasteiger partial charge in [-0.3, -0.25) is 0 Å². The van der Waals surface area contributed by atoms with Crippen LogP contribution in [-0.2, 0) is 18.3 Å². The van der Waals surface area contributed by atoms with E-state index in [2.05, 4.69) is 60.7 Å². The molecule has 0 saturated heterocycles. The largest absolute Gasteiger partial charge is 0.487 e. The quantitative estimate of drug-likeness (QED) is 0.743. The average Bonchev–Trinajstić information content (AvgIpc) is 2.72. The molecule has 0 spiro atoms. The number of nitrogens with one attached hydrogen (secondary N) is 1. The van der Waals surface area contributed by atoms with Gasteiger partial charge in [0.05, 0.1) is 0 Å². The fourth-order valence-corrected chi connectivity index (χ4v) is 3.99. The van der Waals surface area contributed by atoms with E-state index in [1.807, 2.05) is 0 Å². The number of hydrogen-bond acceptors (Lipinski definition) is 2. The highest BCUT2D eigenvalue weighted by atomic mass is 16.5. The van der Waals surface area contributed by atoms with E-state index < -0.39 is 0 Å². The van der Waals surface area contributed by atoms with Crippen molar-refractivity contribution in [3.63, 3.8) is 0 Å². The molecule has 2 heterocycles. The van der Waals surface area contributed by atoms with Gasteiger partial charge in [0.2, 0.25) is 0 Å². The lowest BCUT2D eigenvalue weighted by Crippen LogP contribution is -2.28. The van der Waals surface area contributed by atoms with Gasteiger partial charge in [0, 0.05) is 28.8 Å². The Balaban J connectivity index is 2.31. The van der Waals surface area contributed by atoms with Gasteiger partial charge >= 0.3 is 0 Å². The van der Waals surface area contributed by atoms with Crippen LogP contribution in [0.5, 0.6) is 5.75 Å². The lowest BCUT2D eigenvalue weighted by atomic mass is 9.78. The van der Waals surface area contributed by atoms with E-state index in [-0.39, 0.29) is 16.6 Å².